The Morgan fingerprint density at radius 3 is 2.48 bits per heavy atom. The summed E-state index contributed by atoms with van der Waals surface area (Å²) in [6.45, 7) is 2.36. The van der Waals surface area contributed by atoms with Crippen molar-refractivity contribution in [2.75, 3.05) is 5.75 Å². The van der Waals surface area contributed by atoms with Gasteiger partial charge in [0.15, 0.2) is 0 Å². The Hall–Kier alpha value is -2.60. The Kier molecular flexibility index (Phi) is 5.19. The quantitative estimate of drug-likeness (QED) is 0.716. The topological polar surface area (TPSA) is 64.0 Å². The van der Waals surface area contributed by atoms with Crippen LogP contribution in [0.25, 0.3) is 10.8 Å². The van der Waals surface area contributed by atoms with E-state index in [1.165, 1.54) is 4.68 Å². The molecule has 0 fully saturated rings. The van der Waals surface area contributed by atoms with Gasteiger partial charge in [-0.15, -0.1) is 11.8 Å². The Morgan fingerprint density at radius 1 is 1.12 bits per heavy atom. The van der Waals surface area contributed by atoms with E-state index in [0.717, 1.165) is 16.0 Å². The van der Waals surface area contributed by atoms with Crippen molar-refractivity contribution in [2.45, 2.75) is 18.4 Å². The zero-order valence-electron chi connectivity index (χ0n) is 14.2. The second-order valence-corrected chi connectivity index (χ2v) is 6.90. The molecular weight excluding hydrogens is 334 g/mol. The summed E-state index contributed by atoms with van der Waals surface area (Å²) < 4.78 is 1.31. The van der Waals surface area contributed by atoms with E-state index in [1.807, 2.05) is 42.5 Å². The number of aromatic nitrogens is 2. The van der Waals surface area contributed by atoms with E-state index < -0.39 is 0 Å². The lowest BCUT2D eigenvalue weighted by molar-refractivity contribution is 0.0950. The van der Waals surface area contributed by atoms with E-state index >= 15 is 0 Å². The highest BCUT2D eigenvalue weighted by atomic mass is 32.2. The molecule has 1 heterocycles. The first-order valence-electron chi connectivity index (χ1n) is 8.06. The van der Waals surface area contributed by atoms with Crippen molar-refractivity contribution in [1.82, 2.24) is 15.1 Å². The predicted octanol–water partition coefficient (Wildman–Crippen LogP) is 2.98. The van der Waals surface area contributed by atoms with Crippen LogP contribution in [0.5, 0.6) is 0 Å². The molecule has 5 nitrogen and oxygen atoms in total. The molecule has 2 aromatic carbocycles. The average Bonchev–Trinajstić information content (AvgIpc) is 2.64. The minimum atomic E-state index is -0.159. The van der Waals surface area contributed by atoms with E-state index in [1.54, 1.807) is 24.9 Å². The van der Waals surface area contributed by atoms with Gasteiger partial charge in [-0.3, -0.25) is 9.59 Å². The fourth-order valence-electron chi connectivity index (χ4n) is 2.64. The minimum absolute atomic E-state index is 0.144. The van der Waals surface area contributed by atoms with Crippen molar-refractivity contribution >= 4 is 28.4 Å². The molecule has 1 aromatic heterocycles. The maximum atomic E-state index is 12.4. The molecule has 1 amide bonds. The number of hydrogen-bond donors (Lipinski definition) is 1. The van der Waals surface area contributed by atoms with Crippen LogP contribution >= 0.6 is 11.8 Å². The zero-order valence-corrected chi connectivity index (χ0v) is 15.0. The number of aryl methyl sites for hydroxylation is 1. The first-order valence-corrected chi connectivity index (χ1v) is 9.04. The standard InChI is InChI=1S/C19H19N3O2S/c1-3-25-14-10-8-13(9-11-14)18(23)20-12-17-15-6-4-5-7-16(15)19(24)22(2)21-17/h4-11H,3,12H2,1-2H3,(H,20,23). The van der Waals surface area contributed by atoms with Crippen molar-refractivity contribution in [3.8, 4) is 0 Å². The molecule has 0 saturated carbocycles. The molecule has 0 saturated heterocycles. The van der Waals surface area contributed by atoms with E-state index in [0.29, 0.717) is 16.6 Å². The van der Waals surface area contributed by atoms with Gasteiger partial charge < -0.3 is 5.32 Å². The number of amides is 1. The molecule has 0 radical (unpaired) electrons. The molecule has 128 valence electrons. The summed E-state index contributed by atoms with van der Waals surface area (Å²) >= 11 is 1.74. The molecule has 0 spiro atoms. The minimum Gasteiger partial charge on any atom is -0.346 e. The molecule has 0 unspecified atom stereocenters. The summed E-state index contributed by atoms with van der Waals surface area (Å²) in [7, 11) is 1.62. The van der Waals surface area contributed by atoms with Crippen LogP contribution < -0.4 is 10.9 Å². The third-order valence-electron chi connectivity index (χ3n) is 3.88. The van der Waals surface area contributed by atoms with E-state index in [-0.39, 0.29) is 18.0 Å². The zero-order chi connectivity index (χ0) is 17.8. The van der Waals surface area contributed by atoms with Gasteiger partial charge in [0.2, 0.25) is 0 Å². The van der Waals surface area contributed by atoms with Crippen LogP contribution in [0.15, 0.2) is 58.2 Å². The lowest BCUT2D eigenvalue weighted by atomic mass is 10.1. The smallest absolute Gasteiger partial charge is 0.274 e. The highest BCUT2D eigenvalue weighted by molar-refractivity contribution is 7.99. The summed E-state index contributed by atoms with van der Waals surface area (Å²) in [6.07, 6.45) is 0. The van der Waals surface area contributed by atoms with E-state index in [2.05, 4.69) is 17.3 Å². The van der Waals surface area contributed by atoms with Crippen LogP contribution in [0.4, 0.5) is 0 Å². The van der Waals surface area contributed by atoms with E-state index in [4.69, 9.17) is 0 Å². The normalized spacial score (nSPS) is 10.8. The van der Waals surface area contributed by atoms with Crippen LogP contribution in [-0.4, -0.2) is 21.4 Å². The van der Waals surface area contributed by atoms with Crippen molar-refractivity contribution in [3.63, 3.8) is 0 Å². The molecule has 3 aromatic rings. The third kappa shape index (κ3) is 3.74. The number of hydrogen-bond acceptors (Lipinski definition) is 4. The molecule has 0 aliphatic rings. The van der Waals surface area contributed by atoms with Crippen molar-refractivity contribution in [1.29, 1.82) is 0 Å². The van der Waals surface area contributed by atoms with Gasteiger partial charge in [0, 0.05) is 22.9 Å². The molecule has 0 aliphatic heterocycles. The van der Waals surface area contributed by atoms with Gasteiger partial charge in [-0.25, -0.2) is 4.68 Å². The molecule has 6 heteroatoms. The van der Waals surface area contributed by atoms with E-state index in [9.17, 15) is 9.59 Å². The van der Waals surface area contributed by atoms with Gasteiger partial charge in [-0.05, 0) is 36.1 Å². The molecule has 3 rings (SSSR count). The van der Waals surface area contributed by atoms with Gasteiger partial charge in [0.1, 0.15) is 0 Å². The average molecular weight is 353 g/mol. The number of carbonyl (C=O) groups is 1. The Balaban J connectivity index is 1.79. The summed E-state index contributed by atoms with van der Waals surface area (Å²) in [5, 5.41) is 8.54. The van der Waals surface area contributed by atoms with Gasteiger partial charge in [0.25, 0.3) is 11.5 Å². The Bertz CT molecular complexity index is 965. The number of carbonyl (C=O) groups excluding carboxylic acids is 1. The van der Waals surface area contributed by atoms with Crippen LogP contribution in [0.1, 0.15) is 23.0 Å². The number of nitrogens with zero attached hydrogens (tertiary/aromatic N) is 2. The lowest BCUT2D eigenvalue weighted by Crippen LogP contribution is -2.27. The first kappa shape index (κ1) is 17.2. The number of benzene rings is 2. The number of fused-ring (bicyclic) bond motifs is 1. The van der Waals surface area contributed by atoms with Crippen LogP contribution in [-0.2, 0) is 13.6 Å². The highest BCUT2D eigenvalue weighted by Crippen LogP contribution is 2.18. The van der Waals surface area contributed by atoms with Crippen LogP contribution in [0, 0.1) is 0 Å². The molecule has 1 N–H and O–H groups in total. The number of nitrogens with one attached hydrogen (secondary N) is 1. The molecule has 25 heavy (non-hydrogen) atoms. The van der Waals surface area contributed by atoms with Crippen LogP contribution in [0.2, 0.25) is 0 Å². The van der Waals surface area contributed by atoms with Crippen molar-refractivity contribution in [3.05, 3.63) is 70.1 Å². The predicted molar refractivity (Wildman–Crippen MR) is 101 cm³/mol. The maximum absolute atomic E-state index is 12.4. The summed E-state index contributed by atoms with van der Waals surface area (Å²) in [5.41, 5.74) is 1.13. The summed E-state index contributed by atoms with van der Waals surface area (Å²) in [6, 6.07) is 14.8. The van der Waals surface area contributed by atoms with Crippen molar-refractivity contribution in [2.24, 2.45) is 7.05 Å². The Labute approximate surface area is 150 Å². The maximum Gasteiger partial charge on any atom is 0.274 e. The molecular formula is C19H19N3O2S. The molecule has 0 bridgehead atoms. The largest absolute Gasteiger partial charge is 0.346 e. The molecule has 0 atom stereocenters. The van der Waals surface area contributed by atoms with Crippen LogP contribution in [0.3, 0.4) is 0 Å². The van der Waals surface area contributed by atoms with Gasteiger partial charge >= 0.3 is 0 Å². The van der Waals surface area contributed by atoms with Gasteiger partial charge in [-0.2, -0.15) is 5.10 Å². The SMILES string of the molecule is CCSc1ccc(C(=O)NCc2nn(C)c(=O)c3ccccc23)cc1. The van der Waals surface area contributed by atoms with Crippen molar-refractivity contribution < 1.29 is 4.79 Å². The number of thioether (sulfide) groups is 1. The summed E-state index contributed by atoms with van der Waals surface area (Å²) in [4.78, 5) is 25.6. The monoisotopic (exact) mass is 353 g/mol. The second kappa shape index (κ2) is 7.53. The van der Waals surface area contributed by atoms with Gasteiger partial charge in [0.05, 0.1) is 17.6 Å². The van der Waals surface area contributed by atoms with Gasteiger partial charge in [-0.1, -0.05) is 25.1 Å². The molecule has 0 aliphatic carbocycles. The number of rotatable bonds is 5. The lowest BCUT2D eigenvalue weighted by Gasteiger charge is -2.09. The Morgan fingerprint density at radius 2 is 1.80 bits per heavy atom. The highest BCUT2D eigenvalue weighted by Gasteiger charge is 2.11. The third-order valence-corrected chi connectivity index (χ3v) is 4.77. The second-order valence-electron chi connectivity index (χ2n) is 5.56. The summed E-state index contributed by atoms with van der Waals surface area (Å²) in [5.74, 6) is 0.838. The first-order chi connectivity index (χ1) is 12.1. The fraction of sp³-hybridized carbons (Fsp3) is 0.211. The fourth-order valence-corrected chi connectivity index (χ4v) is 3.30.